The molecule has 1 saturated heterocycles. The molecule has 2 rings (SSSR count). The van der Waals surface area contributed by atoms with Crippen LogP contribution < -0.4 is 10.6 Å². The van der Waals surface area contributed by atoms with E-state index in [1.807, 2.05) is 25.1 Å². The van der Waals surface area contributed by atoms with Gasteiger partial charge in [-0.15, -0.1) is 12.4 Å². The quantitative estimate of drug-likeness (QED) is 0.773. The minimum absolute atomic E-state index is 0. The van der Waals surface area contributed by atoms with E-state index in [2.05, 4.69) is 26.6 Å². The lowest BCUT2D eigenvalue weighted by Crippen LogP contribution is -2.35. The molecular weight excluding hydrogens is 320 g/mol. The molecule has 0 saturated carbocycles. The van der Waals surface area contributed by atoms with Crippen molar-refractivity contribution in [1.29, 1.82) is 0 Å². The van der Waals surface area contributed by atoms with E-state index in [1.165, 1.54) is 0 Å². The number of β-amino-alcohol motifs (C(OH)–C–C–N with tert-alkyl or cyclic N) is 1. The van der Waals surface area contributed by atoms with E-state index in [1.54, 1.807) is 0 Å². The largest absolute Gasteiger partial charge is 0.392 e. The van der Waals surface area contributed by atoms with Crippen LogP contribution in [0.15, 0.2) is 22.7 Å². The van der Waals surface area contributed by atoms with Crippen LogP contribution in [-0.4, -0.2) is 29.7 Å². The van der Waals surface area contributed by atoms with Gasteiger partial charge in [0.05, 0.1) is 12.1 Å². The van der Waals surface area contributed by atoms with Gasteiger partial charge in [0.1, 0.15) is 0 Å². The summed E-state index contributed by atoms with van der Waals surface area (Å²) in [7, 11) is 0. The Hall–Kier alpha value is -0.620. The molecular formula is C12H16BrClN2O2. The molecule has 0 aromatic heterocycles. The van der Waals surface area contributed by atoms with Crippen LogP contribution in [0.2, 0.25) is 0 Å². The Labute approximate surface area is 121 Å². The predicted molar refractivity (Wildman–Crippen MR) is 77.2 cm³/mol. The number of hydrogen-bond acceptors (Lipinski definition) is 3. The van der Waals surface area contributed by atoms with Crippen molar-refractivity contribution in [3.63, 3.8) is 0 Å². The first-order valence-electron chi connectivity index (χ1n) is 5.54. The first-order chi connectivity index (χ1) is 8.06. The third-order valence-electron chi connectivity index (χ3n) is 2.86. The highest BCUT2D eigenvalue weighted by Crippen LogP contribution is 2.21. The van der Waals surface area contributed by atoms with E-state index in [0.29, 0.717) is 13.0 Å². The minimum Gasteiger partial charge on any atom is -0.392 e. The Morgan fingerprint density at radius 1 is 1.56 bits per heavy atom. The Kier molecular flexibility index (Phi) is 5.59. The monoisotopic (exact) mass is 334 g/mol. The van der Waals surface area contributed by atoms with Crippen LogP contribution in [0.5, 0.6) is 0 Å². The minimum atomic E-state index is -0.421. The van der Waals surface area contributed by atoms with Gasteiger partial charge in [-0.25, -0.2) is 0 Å². The molecule has 0 spiro atoms. The molecule has 100 valence electrons. The van der Waals surface area contributed by atoms with E-state index in [4.69, 9.17) is 0 Å². The normalized spacial score (nSPS) is 22.4. The van der Waals surface area contributed by atoms with Crippen LogP contribution in [0, 0.1) is 6.92 Å². The van der Waals surface area contributed by atoms with Crippen molar-refractivity contribution in [3.05, 3.63) is 28.2 Å². The fraction of sp³-hybridized carbons (Fsp3) is 0.417. The third-order valence-corrected chi connectivity index (χ3v) is 3.72. The molecule has 1 aromatic rings. The number of rotatable bonds is 2. The second-order valence-corrected chi connectivity index (χ2v) is 5.16. The van der Waals surface area contributed by atoms with Gasteiger partial charge in [0.2, 0.25) is 5.91 Å². The fourth-order valence-electron chi connectivity index (χ4n) is 1.82. The maximum absolute atomic E-state index is 11.9. The number of anilines is 1. The second kappa shape index (κ2) is 6.52. The van der Waals surface area contributed by atoms with Crippen molar-refractivity contribution in [2.75, 3.05) is 11.9 Å². The number of nitrogens with one attached hydrogen (secondary N) is 2. The summed E-state index contributed by atoms with van der Waals surface area (Å²) >= 11 is 3.42. The van der Waals surface area contributed by atoms with Crippen LogP contribution in [0.4, 0.5) is 5.69 Å². The Bertz CT molecular complexity index is 442. The summed E-state index contributed by atoms with van der Waals surface area (Å²) in [5.41, 5.74) is 1.88. The molecule has 4 nitrogen and oxygen atoms in total. The van der Waals surface area contributed by atoms with Crippen LogP contribution in [0.3, 0.4) is 0 Å². The molecule has 1 aliphatic heterocycles. The molecule has 18 heavy (non-hydrogen) atoms. The third kappa shape index (κ3) is 3.68. The van der Waals surface area contributed by atoms with E-state index in [-0.39, 0.29) is 24.4 Å². The smallest absolute Gasteiger partial charge is 0.241 e. The second-order valence-electron chi connectivity index (χ2n) is 4.30. The fourth-order valence-corrected chi connectivity index (χ4v) is 2.20. The highest BCUT2D eigenvalue weighted by Gasteiger charge is 2.27. The number of carbonyl (C=O) groups is 1. The SMILES string of the molecule is Cc1ccc(NC(=O)C2CC(O)CN2)cc1Br.Cl. The van der Waals surface area contributed by atoms with Gasteiger partial charge in [0.15, 0.2) is 0 Å². The molecule has 1 aromatic carbocycles. The molecule has 1 aliphatic rings. The molecule has 1 amide bonds. The number of amides is 1. The van der Waals surface area contributed by atoms with Gasteiger partial charge in [-0.2, -0.15) is 0 Å². The van der Waals surface area contributed by atoms with E-state index < -0.39 is 6.10 Å². The summed E-state index contributed by atoms with van der Waals surface area (Å²) in [6, 6.07) is 5.38. The molecule has 3 N–H and O–H groups in total. The highest BCUT2D eigenvalue weighted by molar-refractivity contribution is 9.10. The van der Waals surface area contributed by atoms with Crippen molar-refractivity contribution in [2.24, 2.45) is 0 Å². The average Bonchev–Trinajstić information content (AvgIpc) is 2.70. The molecule has 6 heteroatoms. The zero-order valence-corrected chi connectivity index (χ0v) is 12.3. The van der Waals surface area contributed by atoms with Crippen molar-refractivity contribution in [3.8, 4) is 0 Å². The molecule has 0 bridgehead atoms. The van der Waals surface area contributed by atoms with E-state index in [0.717, 1.165) is 15.7 Å². The van der Waals surface area contributed by atoms with Crippen molar-refractivity contribution in [1.82, 2.24) is 5.32 Å². The molecule has 2 atom stereocenters. The molecule has 2 unspecified atom stereocenters. The Balaban J connectivity index is 0.00000162. The Morgan fingerprint density at radius 3 is 2.83 bits per heavy atom. The van der Waals surface area contributed by atoms with Gasteiger partial charge in [-0.1, -0.05) is 22.0 Å². The lowest BCUT2D eigenvalue weighted by Gasteiger charge is -2.11. The van der Waals surface area contributed by atoms with Crippen LogP contribution in [0.25, 0.3) is 0 Å². The standard InChI is InChI=1S/C12H15BrN2O2.ClH/c1-7-2-3-8(4-10(7)13)15-12(17)11-5-9(16)6-14-11;/h2-4,9,11,14,16H,5-6H2,1H3,(H,15,17);1H. The lowest BCUT2D eigenvalue weighted by atomic mass is 10.2. The van der Waals surface area contributed by atoms with Gasteiger partial charge < -0.3 is 15.7 Å². The maximum Gasteiger partial charge on any atom is 0.241 e. The summed E-state index contributed by atoms with van der Waals surface area (Å²) in [6.45, 7) is 2.47. The number of benzene rings is 1. The van der Waals surface area contributed by atoms with E-state index >= 15 is 0 Å². The molecule has 0 aliphatic carbocycles. The van der Waals surface area contributed by atoms with Gasteiger partial charge in [0, 0.05) is 16.7 Å². The predicted octanol–water partition coefficient (Wildman–Crippen LogP) is 1.84. The van der Waals surface area contributed by atoms with Crippen molar-refractivity contribution < 1.29 is 9.90 Å². The van der Waals surface area contributed by atoms with Gasteiger partial charge in [-0.05, 0) is 31.0 Å². The summed E-state index contributed by atoms with van der Waals surface area (Å²) in [6.07, 6.45) is 0.0503. The van der Waals surface area contributed by atoms with Gasteiger partial charge in [-0.3, -0.25) is 4.79 Å². The van der Waals surface area contributed by atoms with Gasteiger partial charge in [0.25, 0.3) is 0 Å². The summed E-state index contributed by atoms with van der Waals surface area (Å²) in [4.78, 5) is 11.9. The number of halogens is 2. The highest BCUT2D eigenvalue weighted by atomic mass is 79.9. The van der Waals surface area contributed by atoms with Crippen LogP contribution in [-0.2, 0) is 4.79 Å². The number of hydrogen-bond donors (Lipinski definition) is 3. The van der Waals surface area contributed by atoms with Gasteiger partial charge >= 0.3 is 0 Å². The van der Waals surface area contributed by atoms with Crippen molar-refractivity contribution >= 4 is 39.9 Å². The summed E-state index contributed by atoms with van der Waals surface area (Å²) in [5.74, 6) is -0.0997. The van der Waals surface area contributed by atoms with E-state index in [9.17, 15) is 9.90 Å². The first-order valence-corrected chi connectivity index (χ1v) is 6.34. The average molecular weight is 336 g/mol. The zero-order chi connectivity index (χ0) is 12.4. The molecule has 1 heterocycles. The number of aliphatic hydroxyl groups is 1. The first kappa shape index (κ1) is 15.4. The van der Waals surface area contributed by atoms with Crippen LogP contribution in [0.1, 0.15) is 12.0 Å². The zero-order valence-electron chi connectivity index (χ0n) is 9.94. The summed E-state index contributed by atoms with van der Waals surface area (Å²) < 4.78 is 0.967. The lowest BCUT2D eigenvalue weighted by molar-refractivity contribution is -0.117. The number of aryl methyl sites for hydroxylation is 1. The number of carbonyl (C=O) groups excluding carboxylic acids is 1. The van der Waals surface area contributed by atoms with Crippen molar-refractivity contribution in [2.45, 2.75) is 25.5 Å². The maximum atomic E-state index is 11.9. The number of aliphatic hydroxyl groups excluding tert-OH is 1. The molecule has 1 fully saturated rings. The molecule has 0 radical (unpaired) electrons. The summed E-state index contributed by atoms with van der Waals surface area (Å²) in [5, 5.41) is 15.2. The topological polar surface area (TPSA) is 61.4 Å². The van der Waals surface area contributed by atoms with Crippen LogP contribution >= 0.6 is 28.3 Å². The Morgan fingerprint density at radius 2 is 2.28 bits per heavy atom.